The molecular formula is C21H27ClFN5O2. The first kappa shape index (κ1) is 22.2. The van der Waals surface area contributed by atoms with Gasteiger partial charge < -0.3 is 15.1 Å². The van der Waals surface area contributed by atoms with Crippen molar-refractivity contribution < 1.29 is 14.0 Å². The maximum Gasteiger partial charge on any atom is 0.256 e. The number of rotatable bonds is 3. The van der Waals surface area contributed by atoms with Crippen LogP contribution in [0.1, 0.15) is 29.6 Å². The fraction of sp³-hybridized carbons (Fsp3) is 0.476. The van der Waals surface area contributed by atoms with Gasteiger partial charge in [-0.25, -0.2) is 4.39 Å². The van der Waals surface area contributed by atoms with Crippen LogP contribution in [0.5, 0.6) is 0 Å². The van der Waals surface area contributed by atoms with E-state index in [4.69, 9.17) is 0 Å². The summed E-state index contributed by atoms with van der Waals surface area (Å²) < 4.78 is 15.8. The lowest BCUT2D eigenvalue weighted by atomic mass is 9.86. The van der Waals surface area contributed by atoms with E-state index in [2.05, 4.69) is 10.4 Å². The zero-order valence-electron chi connectivity index (χ0n) is 16.8. The Morgan fingerprint density at radius 2 is 1.70 bits per heavy atom. The first-order valence-electron chi connectivity index (χ1n) is 10.2. The Morgan fingerprint density at radius 3 is 2.40 bits per heavy atom. The second-order valence-corrected chi connectivity index (χ2v) is 7.65. The highest BCUT2D eigenvalue weighted by Crippen LogP contribution is 2.30. The molecule has 2 aliphatic rings. The van der Waals surface area contributed by atoms with Crippen molar-refractivity contribution in [3.05, 3.63) is 54.1 Å². The SMILES string of the molecule is Cl.O=C(c1ccccc1F)N1CCCN(C(=O)C2(n3cccn3)CCNCC2)CC1. The van der Waals surface area contributed by atoms with Crippen LogP contribution in [0.4, 0.5) is 4.39 Å². The van der Waals surface area contributed by atoms with Gasteiger partial charge in [0, 0.05) is 38.6 Å². The molecule has 9 heteroatoms. The van der Waals surface area contributed by atoms with Crippen molar-refractivity contribution in [1.29, 1.82) is 0 Å². The van der Waals surface area contributed by atoms with E-state index in [9.17, 15) is 14.0 Å². The quantitative estimate of drug-likeness (QED) is 0.799. The molecule has 162 valence electrons. The summed E-state index contributed by atoms with van der Waals surface area (Å²) in [6.45, 7) is 3.44. The highest BCUT2D eigenvalue weighted by Gasteiger charge is 2.44. The third-order valence-electron chi connectivity index (χ3n) is 5.95. The van der Waals surface area contributed by atoms with Gasteiger partial charge in [-0.2, -0.15) is 5.10 Å². The molecule has 30 heavy (non-hydrogen) atoms. The Kier molecular flexibility index (Phi) is 7.10. The molecule has 3 heterocycles. The van der Waals surface area contributed by atoms with E-state index >= 15 is 0 Å². The number of halogens is 2. The van der Waals surface area contributed by atoms with E-state index in [0.29, 0.717) is 45.4 Å². The maximum atomic E-state index is 14.0. The Labute approximate surface area is 181 Å². The van der Waals surface area contributed by atoms with Gasteiger partial charge in [0.05, 0.1) is 5.56 Å². The van der Waals surface area contributed by atoms with Gasteiger partial charge >= 0.3 is 0 Å². The van der Waals surface area contributed by atoms with Crippen LogP contribution >= 0.6 is 12.4 Å². The minimum atomic E-state index is -0.681. The molecule has 2 fully saturated rings. The Hall–Kier alpha value is -2.45. The molecule has 0 spiro atoms. The summed E-state index contributed by atoms with van der Waals surface area (Å²) in [5.74, 6) is -0.772. The second kappa shape index (κ2) is 9.57. The van der Waals surface area contributed by atoms with E-state index in [1.807, 2.05) is 17.2 Å². The zero-order valence-corrected chi connectivity index (χ0v) is 17.6. The summed E-state index contributed by atoms with van der Waals surface area (Å²) in [7, 11) is 0. The molecule has 0 radical (unpaired) electrons. The van der Waals surface area contributed by atoms with Crippen molar-refractivity contribution in [2.24, 2.45) is 0 Å². The summed E-state index contributed by atoms with van der Waals surface area (Å²) in [6, 6.07) is 7.88. The monoisotopic (exact) mass is 435 g/mol. The molecule has 2 aromatic rings. The standard InChI is InChI=1S/C21H26FN5O2.ClH/c22-18-6-2-1-5-17(18)19(28)25-12-4-13-26(16-15-25)20(29)21(7-10-23-11-8-21)27-14-3-9-24-27;/h1-3,5-6,9,14,23H,4,7-8,10-13,15-16H2;1H. The van der Waals surface area contributed by atoms with Crippen molar-refractivity contribution in [3.8, 4) is 0 Å². The molecule has 2 aliphatic heterocycles. The number of benzene rings is 1. The molecule has 0 aliphatic carbocycles. The van der Waals surface area contributed by atoms with Crippen molar-refractivity contribution in [1.82, 2.24) is 24.9 Å². The Morgan fingerprint density at radius 1 is 1.00 bits per heavy atom. The molecule has 0 bridgehead atoms. The largest absolute Gasteiger partial charge is 0.339 e. The number of hydrogen-bond acceptors (Lipinski definition) is 4. The molecule has 0 saturated carbocycles. The molecule has 2 amide bonds. The molecule has 1 aromatic carbocycles. The number of amides is 2. The van der Waals surface area contributed by atoms with Gasteiger partial charge in [-0.1, -0.05) is 12.1 Å². The van der Waals surface area contributed by atoms with Crippen molar-refractivity contribution >= 4 is 24.2 Å². The van der Waals surface area contributed by atoms with Crippen molar-refractivity contribution in [3.63, 3.8) is 0 Å². The molecule has 0 atom stereocenters. The van der Waals surface area contributed by atoms with Crippen molar-refractivity contribution in [2.75, 3.05) is 39.3 Å². The minimum absolute atomic E-state index is 0. The molecule has 7 nitrogen and oxygen atoms in total. The van der Waals surface area contributed by atoms with Gasteiger partial charge in [-0.05, 0) is 50.6 Å². The van der Waals surface area contributed by atoms with E-state index in [0.717, 1.165) is 13.1 Å². The normalized spacial score (nSPS) is 19.0. The Balaban J connectivity index is 0.00000256. The van der Waals surface area contributed by atoms with Crippen LogP contribution in [-0.4, -0.2) is 70.7 Å². The van der Waals surface area contributed by atoms with Crippen LogP contribution in [0.3, 0.4) is 0 Å². The van der Waals surface area contributed by atoms with Crippen molar-refractivity contribution in [2.45, 2.75) is 24.8 Å². The molecule has 1 N–H and O–H groups in total. The molecule has 1 aromatic heterocycles. The Bertz CT molecular complexity index is 870. The second-order valence-electron chi connectivity index (χ2n) is 7.65. The van der Waals surface area contributed by atoms with Crippen LogP contribution < -0.4 is 5.32 Å². The molecule has 4 rings (SSSR count). The first-order chi connectivity index (χ1) is 14.1. The van der Waals surface area contributed by atoms with Crippen LogP contribution in [-0.2, 0) is 10.3 Å². The summed E-state index contributed by atoms with van der Waals surface area (Å²) in [5.41, 5.74) is -0.599. The van der Waals surface area contributed by atoms with E-state index < -0.39 is 11.4 Å². The third-order valence-corrected chi connectivity index (χ3v) is 5.95. The minimum Gasteiger partial charge on any atom is -0.339 e. The molecule has 2 saturated heterocycles. The van der Waals surface area contributed by atoms with Gasteiger partial charge in [0.15, 0.2) is 0 Å². The molecular weight excluding hydrogens is 409 g/mol. The maximum absolute atomic E-state index is 14.0. The average molecular weight is 436 g/mol. The number of carbonyl (C=O) groups is 2. The van der Waals surface area contributed by atoms with Crippen LogP contribution in [0.25, 0.3) is 0 Å². The first-order valence-corrected chi connectivity index (χ1v) is 10.2. The predicted octanol–water partition coefficient (Wildman–Crippen LogP) is 1.90. The number of aromatic nitrogens is 2. The number of nitrogens with zero attached hydrogens (tertiary/aromatic N) is 4. The highest BCUT2D eigenvalue weighted by molar-refractivity contribution is 5.94. The topological polar surface area (TPSA) is 70.5 Å². The fourth-order valence-electron chi connectivity index (χ4n) is 4.33. The lowest BCUT2D eigenvalue weighted by Gasteiger charge is -2.40. The zero-order chi connectivity index (χ0) is 20.3. The number of piperidine rings is 1. The van der Waals surface area contributed by atoms with Crippen LogP contribution in [0.15, 0.2) is 42.7 Å². The van der Waals surface area contributed by atoms with Gasteiger partial charge in [-0.3, -0.25) is 14.3 Å². The third kappa shape index (κ3) is 4.20. The van der Waals surface area contributed by atoms with Gasteiger partial charge in [0.25, 0.3) is 11.8 Å². The van der Waals surface area contributed by atoms with Gasteiger partial charge in [0.2, 0.25) is 0 Å². The smallest absolute Gasteiger partial charge is 0.256 e. The van der Waals surface area contributed by atoms with E-state index in [1.165, 1.54) is 12.1 Å². The predicted molar refractivity (Wildman–Crippen MR) is 113 cm³/mol. The number of hydrogen-bond donors (Lipinski definition) is 1. The van der Waals surface area contributed by atoms with Crippen LogP contribution in [0, 0.1) is 5.82 Å². The fourth-order valence-corrected chi connectivity index (χ4v) is 4.33. The van der Waals surface area contributed by atoms with E-state index in [-0.39, 0.29) is 29.8 Å². The summed E-state index contributed by atoms with van der Waals surface area (Å²) in [5, 5.41) is 7.70. The average Bonchev–Trinajstić information content (AvgIpc) is 3.19. The van der Waals surface area contributed by atoms with E-state index in [1.54, 1.807) is 27.9 Å². The lowest BCUT2D eigenvalue weighted by molar-refractivity contribution is -0.143. The number of nitrogens with one attached hydrogen (secondary N) is 1. The van der Waals surface area contributed by atoms with Crippen LogP contribution in [0.2, 0.25) is 0 Å². The highest BCUT2D eigenvalue weighted by atomic mass is 35.5. The van der Waals surface area contributed by atoms with Gasteiger partial charge in [0.1, 0.15) is 11.4 Å². The number of carbonyl (C=O) groups excluding carboxylic acids is 2. The summed E-state index contributed by atoms with van der Waals surface area (Å²) in [4.78, 5) is 29.9. The summed E-state index contributed by atoms with van der Waals surface area (Å²) >= 11 is 0. The van der Waals surface area contributed by atoms with Gasteiger partial charge in [-0.15, -0.1) is 12.4 Å². The summed E-state index contributed by atoms with van der Waals surface area (Å²) in [6.07, 6.45) is 5.59. The molecule has 0 unspecified atom stereocenters. The lowest BCUT2D eigenvalue weighted by Crippen LogP contribution is -2.56.